The Bertz CT molecular complexity index is 1390. The molecule has 1 aromatic heterocycles. The molecule has 0 amide bonds. The summed E-state index contributed by atoms with van der Waals surface area (Å²) in [7, 11) is 1.64. The largest absolute Gasteiger partial charge is 0.495 e. The van der Waals surface area contributed by atoms with E-state index in [-0.39, 0.29) is 12.2 Å². The molecule has 0 bridgehead atoms. The molecular formula is C26H23FN4O3. The van der Waals surface area contributed by atoms with Crippen LogP contribution in [-0.4, -0.2) is 39.7 Å². The van der Waals surface area contributed by atoms with Crippen molar-refractivity contribution >= 4 is 17.7 Å². The third-order valence-electron chi connectivity index (χ3n) is 6.72. The molecule has 6 rings (SSSR count). The van der Waals surface area contributed by atoms with Gasteiger partial charge in [0, 0.05) is 24.7 Å². The number of ether oxygens (including phenoxy) is 1. The fraction of sp³-hybridized carbons (Fsp3) is 0.269. The topological polar surface area (TPSA) is 69.0 Å². The van der Waals surface area contributed by atoms with Gasteiger partial charge in [-0.1, -0.05) is 17.3 Å². The second kappa shape index (κ2) is 7.55. The van der Waals surface area contributed by atoms with Crippen LogP contribution in [0.25, 0.3) is 11.8 Å². The van der Waals surface area contributed by atoms with Crippen molar-refractivity contribution in [1.82, 2.24) is 14.5 Å². The van der Waals surface area contributed by atoms with Gasteiger partial charge in [-0.2, -0.15) is 0 Å². The Morgan fingerprint density at radius 1 is 1.24 bits per heavy atom. The van der Waals surface area contributed by atoms with Crippen LogP contribution in [0.2, 0.25) is 0 Å². The summed E-state index contributed by atoms with van der Waals surface area (Å²) in [5.74, 6) is 0.841. The number of methoxy groups -OCH3 is 1. The number of oxime groups is 1. The summed E-state index contributed by atoms with van der Waals surface area (Å²) < 4.78 is 21.7. The van der Waals surface area contributed by atoms with Crippen molar-refractivity contribution in [3.8, 4) is 11.4 Å². The predicted octanol–water partition coefficient (Wildman–Crippen LogP) is 4.13. The minimum absolute atomic E-state index is 0.116. The minimum Gasteiger partial charge on any atom is -0.495 e. The van der Waals surface area contributed by atoms with Gasteiger partial charge in [-0.15, -0.1) is 0 Å². The van der Waals surface area contributed by atoms with Gasteiger partial charge < -0.3 is 19.0 Å². The van der Waals surface area contributed by atoms with Gasteiger partial charge in [0.25, 0.3) is 5.72 Å². The average Bonchev–Trinajstić information content (AvgIpc) is 3.52. The number of hydrogen-bond donors (Lipinski definition) is 0. The summed E-state index contributed by atoms with van der Waals surface area (Å²) >= 11 is 0. The molecule has 0 saturated carbocycles. The number of rotatable bonds is 3. The molecule has 1 spiro atoms. The number of ketones is 1. The second-order valence-corrected chi connectivity index (χ2v) is 8.83. The highest BCUT2D eigenvalue weighted by molar-refractivity contribution is 6.08. The molecule has 3 aromatic rings. The number of carbonyl (C=O) groups excluding carboxylic acids is 1. The number of aromatic nitrogens is 2. The number of hydrogen-bond acceptors (Lipinski definition) is 6. The number of piperidine rings is 1. The van der Waals surface area contributed by atoms with Gasteiger partial charge in [-0.05, 0) is 66.8 Å². The zero-order valence-corrected chi connectivity index (χ0v) is 18.9. The van der Waals surface area contributed by atoms with Crippen LogP contribution in [0.15, 0.2) is 59.7 Å². The van der Waals surface area contributed by atoms with Crippen molar-refractivity contribution in [3.05, 3.63) is 82.7 Å². The second-order valence-electron chi connectivity index (χ2n) is 8.83. The van der Waals surface area contributed by atoms with Gasteiger partial charge in [-0.3, -0.25) is 4.79 Å². The lowest BCUT2D eigenvalue weighted by Crippen LogP contribution is -2.52. The molecule has 1 aliphatic carbocycles. The van der Waals surface area contributed by atoms with Crippen LogP contribution in [-0.2, 0) is 21.8 Å². The molecule has 7 nitrogen and oxygen atoms in total. The SMILES string of the molecule is COc1cc(/C=C2\CCCN3C2=NOC32C(=O)Cc3ccc(F)cc32)ccc1-n1cnc(C)c1. The van der Waals surface area contributed by atoms with Crippen molar-refractivity contribution in [2.24, 2.45) is 5.16 Å². The number of fused-ring (bicyclic) bond motifs is 4. The summed E-state index contributed by atoms with van der Waals surface area (Å²) in [5, 5.41) is 4.35. The Kier molecular flexibility index (Phi) is 4.58. The van der Waals surface area contributed by atoms with Crippen LogP contribution in [0.5, 0.6) is 5.75 Å². The van der Waals surface area contributed by atoms with Crippen LogP contribution >= 0.6 is 0 Å². The first-order valence-corrected chi connectivity index (χ1v) is 11.3. The number of halogens is 1. The van der Waals surface area contributed by atoms with E-state index in [2.05, 4.69) is 10.1 Å². The third-order valence-corrected chi connectivity index (χ3v) is 6.72. The quantitative estimate of drug-likeness (QED) is 0.590. The monoisotopic (exact) mass is 458 g/mol. The summed E-state index contributed by atoms with van der Waals surface area (Å²) in [6.45, 7) is 2.55. The van der Waals surface area contributed by atoms with E-state index in [0.717, 1.165) is 46.7 Å². The van der Waals surface area contributed by atoms with Crippen LogP contribution in [0.1, 0.15) is 35.2 Å². The van der Waals surface area contributed by atoms with Crippen molar-refractivity contribution < 1.29 is 18.8 Å². The van der Waals surface area contributed by atoms with Crippen molar-refractivity contribution in [3.63, 3.8) is 0 Å². The van der Waals surface area contributed by atoms with Crippen LogP contribution in [0.4, 0.5) is 4.39 Å². The number of Topliss-reactive ketones (excluding diaryl/α,β-unsaturated/α-hetero) is 1. The molecule has 3 heterocycles. The molecule has 8 heteroatoms. The molecule has 0 radical (unpaired) electrons. The Morgan fingerprint density at radius 2 is 2.12 bits per heavy atom. The smallest absolute Gasteiger partial charge is 0.296 e. The van der Waals surface area contributed by atoms with E-state index >= 15 is 0 Å². The first-order valence-electron chi connectivity index (χ1n) is 11.3. The number of amidine groups is 1. The summed E-state index contributed by atoms with van der Waals surface area (Å²) in [6.07, 6.45) is 7.58. The molecule has 1 saturated heterocycles. The molecule has 1 fully saturated rings. The summed E-state index contributed by atoms with van der Waals surface area (Å²) in [4.78, 5) is 25.2. The van der Waals surface area contributed by atoms with Crippen LogP contribution in [0, 0.1) is 12.7 Å². The maximum absolute atomic E-state index is 14.1. The van der Waals surface area contributed by atoms with E-state index in [0.29, 0.717) is 17.9 Å². The number of aryl methyl sites for hydroxylation is 1. The van der Waals surface area contributed by atoms with Crippen molar-refractivity contribution in [1.29, 1.82) is 0 Å². The Balaban J connectivity index is 1.36. The van der Waals surface area contributed by atoms with Gasteiger partial charge >= 0.3 is 0 Å². The summed E-state index contributed by atoms with van der Waals surface area (Å²) in [6, 6.07) is 10.4. The Labute approximate surface area is 196 Å². The maximum Gasteiger partial charge on any atom is 0.296 e. The first-order chi connectivity index (χ1) is 16.5. The predicted molar refractivity (Wildman–Crippen MR) is 124 cm³/mol. The lowest BCUT2D eigenvalue weighted by molar-refractivity contribution is -0.157. The molecule has 3 aliphatic rings. The van der Waals surface area contributed by atoms with Crippen LogP contribution in [0.3, 0.4) is 0 Å². The van der Waals surface area contributed by atoms with E-state index in [4.69, 9.17) is 9.57 Å². The Hall–Kier alpha value is -3.94. The van der Waals surface area contributed by atoms with Crippen LogP contribution < -0.4 is 4.74 Å². The lowest BCUT2D eigenvalue weighted by Gasteiger charge is -2.36. The van der Waals surface area contributed by atoms with E-state index in [1.807, 2.05) is 46.9 Å². The van der Waals surface area contributed by atoms with Gasteiger partial charge in [0.1, 0.15) is 11.6 Å². The van der Waals surface area contributed by atoms with E-state index in [1.54, 1.807) is 19.5 Å². The van der Waals surface area contributed by atoms with Crippen molar-refractivity contribution in [2.45, 2.75) is 31.9 Å². The van der Waals surface area contributed by atoms with E-state index < -0.39 is 11.5 Å². The highest BCUT2D eigenvalue weighted by Gasteiger charge is 2.59. The minimum atomic E-state index is -1.37. The highest BCUT2D eigenvalue weighted by atomic mass is 19.1. The zero-order chi connectivity index (χ0) is 23.4. The fourth-order valence-corrected chi connectivity index (χ4v) is 5.14. The number of carbonyl (C=O) groups is 1. The number of imidazole rings is 1. The van der Waals surface area contributed by atoms with Gasteiger partial charge in [-0.25, -0.2) is 9.37 Å². The molecule has 1 atom stereocenters. The molecular weight excluding hydrogens is 435 g/mol. The average molecular weight is 458 g/mol. The van der Waals surface area contributed by atoms with Gasteiger partial charge in [0.15, 0.2) is 5.84 Å². The third kappa shape index (κ3) is 2.98. The normalized spacial score (nSPS) is 22.1. The highest BCUT2D eigenvalue weighted by Crippen LogP contribution is 2.46. The molecule has 2 aliphatic heterocycles. The molecule has 0 N–H and O–H groups in total. The van der Waals surface area contributed by atoms with Crippen molar-refractivity contribution in [2.75, 3.05) is 13.7 Å². The van der Waals surface area contributed by atoms with E-state index in [1.165, 1.54) is 12.1 Å². The fourth-order valence-electron chi connectivity index (χ4n) is 5.14. The number of nitrogens with zero attached hydrogens (tertiary/aromatic N) is 4. The first kappa shape index (κ1) is 20.7. The maximum atomic E-state index is 14.1. The molecule has 2 aromatic carbocycles. The molecule has 1 unspecified atom stereocenters. The summed E-state index contributed by atoms with van der Waals surface area (Å²) in [5.41, 5.74) is 3.70. The van der Waals surface area contributed by atoms with Gasteiger partial charge in [0.05, 0.1) is 24.8 Å². The van der Waals surface area contributed by atoms with Gasteiger partial charge in [0.2, 0.25) is 5.78 Å². The lowest BCUT2D eigenvalue weighted by atomic mass is 9.95. The standard InChI is InChI=1S/C26H23FN4O3/c1-16-14-30(15-28-16)22-8-5-17(11-23(22)33-2)10-19-4-3-9-31-25(19)29-34-26(31)21-13-20(27)7-6-18(21)12-24(26)32/h5-8,10-11,13-15H,3-4,9,12H2,1-2H3/b19-10+. The van der Waals surface area contributed by atoms with E-state index in [9.17, 15) is 9.18 Å². The molecule has 172 valence electrons. The zero-order valence-electron chi connectivity index (χ0n) is 18.9. The number of benzene rings is 2. The molecule has 34 heavy (non-hydrogen) atoms. The Morgan fingerprint density at radius 3 is 2.91 bits per heavy atom.